The number of hydrogen-bond donors (Lipinski definition) is 0. The fraction of sp³-hybridized carbons (Fsp3) is 0.0526. The van der Waals surface area contributed by atoms with Crippen LogP contribution in [0.4, 0.5) is 0 Å². The molecule has 0 aliphatic heterocycles. The maximum atomic E-state index is 12.5. The molecule has 0 aliphatic rings. The lowest BCUT2D eigenvalue weighted by Crippen LogP contribution is -1.98. The van der Waals surface area contributed by atoms with Crippen molar-refractivity contribution in [1.29, 1.82) is 0 Å². The zero-order chi connectivity index (χ0) is 17.2. The van der Waals surface area contributed by atoms with Crippen LogP contribution in [0.5, 0.6) is 0 Å². The van der Waals surface area contributed by atoms with Gasteiger partial charge in [0, 0.05) is 6.26 Å². The number of rotatable bonds is 1. The van der Waals surface area contributed by atoms with Crippen molar-refractivity contribution in [3.8, 4) is 0 Å². The van der Waals surface area contributed by atoms with Gasteiger partial charge in [-0.05, 0) is 29.7 Å². The molecule has 5 nitrogen and oxygen atoms in total. The molecule has 0 saturated carbocycles. The summed E-state index contributed by atoms with van der Waals surface area (Å²) in [6, 6.07) is 19.1. The van der Waals surface area contributed by atoms with E-state index in [4.69, 9.17) is 4.98 Å². The van der Waals surface area contributed by atoms with E-state index in [2.05, 4.69) is 4.98 Å². The Morgan fingerprint density at radius 1 is 0.800 bits per heavy atom. The van der Waals surface area contributed by atoms with Crippen molar-refractivity contribution in [2.24, 2.45) is 0 Å². The van der Waals surface area contributed by atoms with E-state index in [1.807, 2.05) is 65.1 Å². The van der Waals surface area contributed by atoms with Crippen molar-refractivity contribution in [1.82, 2.24) is 14.4 Å². The van der Waals surface area contributed by atoms with Crippen LogP contribution in [0.1, 0.15) is 0 Å². The number of nitrogens with zero attached hydrogens (tertiary/aromatic N) is 3. The lowest BCUT2D eigenvalue weighted by Gasteiger charge is -2.04. The van der Waals surface area contributed by atoms with Gasteiger partial charge in [0.15, 0.2) is 15.5 Å². The van der Waals surface area contributed by atoms with E-state index in [-0.39, 0.29) is 4.90 Å². The van der Waals surface area contributed by atoms with Crippen molar-refractivity contribution in [3.63, 3.8) is 0 Å². The van der Waals surface area contributed by atoms with Gasteiger partial charge in [0.1, 0.15) is 10.4 Å². The number of hydrogen-bond acceptors (Lipinski definition) is 4. The highest BCUT2D eigenvalue weighted by Gasteiger charge is 2.23. The summed E-state index contributed by atoms with van der Waals surface area (Å²) in [4.78, 5) is 9.58. The van der Waals surface area contributed by atoms with Crippen molar-refractivity contribution >= 4 is 48.5 Å². The van der Waals surface area contributed by atoms with E-state index in [0.717, 1.165) is 16.4 Å². The standard InChI is InChI=1S/C19H13N3O2S/c1-25(23,24)18-16-11-10-12-6-2-5-9-15(12)22(16)19-17(18)20-13-7-3-4-8-14(13)21-19/h2-11H,1H3. The number of pyridine rings is 1. The third kappa shape index (κ3) is 1.97. The van der Waals surface area contributed by atoms with Crippen LogP contribution in [0.3, 0.4) is 0 Å². The highest BCUT2D eigenvalue weighted by molar-refractivity contribution is 7.91. The second-order valence-corrected chi connectivity index (χ2v) is 8.05. The summed E-state index contributed by atoms with van der Waals surface area (Å²) in [7, 11) is -3.47. The van der Waals surface area contributed by atoms with Crippen LogP contribution < -0.4 is 0 Å². The van der Waals surface area contributed by atoms with Gasteiger partial charge in [-0.3, -0.25) is 4.40 Å². The average Bonchev–Trinajstić information content (AvgIpc) is 2.93. The topological polar surface area (TPSA) is 64.3 Å². The van der Waals surface area contributed by atoms with Gasteiger partial charge >= 0.3 is 0 Å². The van der Waals surface area contributed by atoms with Crippen molar-refractivity contribution in [2.45, 2.75) is 4.90 Å². The molecule has 122 valence electrons. The Morgan fingerprint density at radius 2 is 1.48 bits per heavy atom. The van der Waals surface area contributed by atoms with Crippen LogP contribution in [0.15, 0.2) is 65.6 Å². The summed E-state index contributed by atoms with van der Waals surface area (Å²) in [5.41, 5.74) is 3.90. The summed E-state index contributed by atoms with van der Waals surface area (Å²) in [6.07, 6.45) is 1.22. The minimum atomic E-state index is -3.47. The van der Waals surface area contributed by atoms with E-state index >= 15 is 0 Å². The van der Waals surface area contributed by atoms with Gasteiger partial charge < -0.3 is 0 Å². The predicted octanol–water partition coefficient (Wildman–Crippen LogP) is 3.59. The van der Waals surface area contributed by atoms with E-state index in [9.17, 15) is 8.42 Å². The van der Waals surface area contributed by atoms with Gasteiger partial charge in [0.05, 0.1) is 22.1 Å². The van der Waals surface area contributed by atoms with Crippen LogP contribution in [0.25, 0.3) is 38.6 Å². The van der Waals surface area contributed by atoms with E-state index in [1.165, 1.54) is 6.26 Å². The number of para-hydroxylation sites is 3. The zero-order valence-electron chi connectivity index (χ0n) is 13.3. The van der Waals surface area contributed by atoms with Gasteiger partial charge in [-0.15, -0.1) is 0 Å². The minimum absolute atomic E-state index is 0.228. The smallest absolute Gasteiger partial charge is 0.179 e. The molecule has 0 unspecified atom stereocenters. The third-order valence-corrected chi connectivity index (χ3v) is 5.57. The van der Waals surface area contributed by atoms with Crippen molar-refractivity contribution < 1.29 is 8.42 Å². The molecule has 0 bridgehead atoms. The summed E-state index contributed by atoms with van der Waals surface area (Å²) < 4.78 is 26.9. The SMILES string of the molecule is CS(=O)(=O)c1c2nc3ccccc3nc2n2c1ccc1ccccc12. The van der Waals surface area contributed by atoms with E-state index in [1.54, 1.807) is 0 Å². The third-order valence-electron chi connectivity index (χ3n) is 4.42. The first-order chi connectivity index (χ1) is 12.0. The molecule has 0 spiro atoms. The Hall–Kier alpha value is -2.99. The average molecular weight is 347 g/mol. The Morgan fingerprint density at radius 3 is 2.24 bits per heavy atom. The summed E-state index contributed by atoms with van der Waals surface area (Å²) >= 11 is 0. The normalized spacial score (nSPS) is 12.5. The highest BCUT2D eigenvalue weighted by atomic mass is 32.2. The lowest BCUT2D eigenvalue weighted by molar-refractivity contribution is 0.603. The fourth-order valence-corrected chi connectivity index (χ4v) is 4.42. The zero-order valence-corrected chi connectivity index (χ0v) is 14.2. The molecule has 0 atom stereocenters. The van der Waals surface area contributed by atoms with E-state index < -0.39 is 9.84 Å². The summed E-state index contributed by atoms with van der Waals surface area (Å²) in [5, 5.41) is 1.02. The molecule has 0 saturated heterocycles. The number of sulfone groups is 1. The molecule has 5 aromatic rings. The molecule has 2 aromatic carbocycles. The summed E-state index contributed by atoms with van der Waals surface area (Å²) in [6.45, 7) is 0. The molecule has 0 N–H and O–H groups in total. The maximum absolute atomic E-state index is 12.5. The van der Waals surface area contributed by atoms with Crippen LogP contribution in [0.2, 0.25) is 0 Å². The molecule has 0 amide bonds. The summed E-state index contributed by atoms with van der Waals surface area (Å²) in [5.74, 6) is 0. The quantitative estimate of drug-likeness (QED) is 0.465. The van der Waals surface area contributed by atoms with Gasteiger partial charge in [0.25, 0.3) is 0 Å². The lowest BCUT2D eigenvalue weighted by atomic mass is 10.2. The van der Waals surface area contributed by atoms with Crippen molar-refractivity contribution in [2.75, 3.05) is 6.26 Å². The van der Waals surface area contributed by atoms with Gasteiger partial charge in [-0.1, -0.05) is 36.4 Å². The monoisotopic (exact) mass is 347 g/mol. The molecular formula is C19H13N3O2S. The van der Waals surface area contributed by atoms with Gasteiger partial charge in [0.2, 0.25) is 0 Å². The van der Waals surface area contributed by atoms with Crippen LogP contribution in [-0.4, -0.2) is 29.0 Å². The minimum Gasteiger partial charge on any atom is -0.291 e. The number of aromatic nitrogens is 3. The van der Waals surface area contributed by atoms with Crippen LogP contribution in [-0.2, 0) is 9.84 Å². The maximum Gasteiger partial charge on any atom is 0.179 e. The number of fused-ring (bicyclic) bond motifs is 6. The Bertz CT molecular complexity index is 1420. The highest BCUT2D eigenvalue weighted by Crippen LogP contribution is 2.32. The molecule has 3 aromatic heterocycles. The molecule has 3 heterocycles. The van der Waals surface area contributed by atoms with Gasteiger partial charge in [-0.2, -0.15) is 0 Å². The van der Waals surface area contributed by atoms with E-state index in [0.29, 0.717) is 22.2 Å². The first-order valence-electron chi connectivity index (χ1n) is 7.83. The molecule has 0 fully saturated rings. The predicted molar refractivity (Wildman–Crippen MR) is 98.6 cm³/mol. The Labute approximate surface area is 143 Å². The first kappa shape index (κ1) is 14.4. The first-order valence-corrected chi connectivity index (χ1v) is 9.72. The molecule has 5 rings (SSSR count). The largest absolute Gasteiger partial charge is 0.291 e. The number of benzene rings is 2. The molecule has 25 heavy (non-hydrogen) atoms. The fourth-order valence-electron chi connectivity index (χ4n) is 3.40. The molecule has 6 heteroatoms. The molecule has 0 radical (unpaired) electrons. The molecule has 0 aliphatic carbocycles. The van der Waals surface area contributed by atoms with Crippen LogP contribution >= 0.6 is 0 Å². The molecular weight excluding hydrogens is 334 g/mol. The second kappa shape index (κ2) is 4.77. The Kier molecular flexibility index (Phi) is 2.74. The second-order valence-electron chi connectivity index (χ2n) is 6.10. The van der Waals surface area contributed by atoms with Gasteiger partial charge in [-0.25, -0.2) is 18.4 Å². The van der Waals surface area contributed by atoms with Crippen LogP contribution in [0, 0.1) is 0 Å². The van der Waals surface area contributed by atoms with Crippen molar-refractivity contribution in [3.05, 3.63) is 60.7 Å². The Balaban J connectivity index is 2.17.